The zero-order valence-electron chi connectivity index (χ0n) is 6.36. The van der Waals surface area contributed by atoms with Crippen LogP contribution in [0.25, 0.3) is 0 Å². The molecule has 1 heterocycles. The zero-order chi connectivity index (χ0) is 8.10. The Morgan fingerprint density at radius 2 is 2.45 bits per heavy atom. The fraction of sp³-hybridized carbons (Fsp3) is 0.125. The normalized spacial score (nSPS) is 19.7. The van der Waals surface area contributed by atoms with Gasteiger partial charge in [0.2, 0.25) is 0 Å². The summed E-state index contributed by atoms with van der Waals surface area (Å²) in [5.41, 5.74) is 1.06. The van der Waals surface area contributed by atoms with Crippen molar-refractivity contribution in [2.24, 2.45) is 15.2 Å². The van der Waals surface area contributed by atoms with Crippen LogP contribution in [0.5, 0.6) is 0 Å². The molecule has 3 heteroatoms. The summed E-state index contributed by atoms with van der Waals surface area (Å²) in [6.45, 7) is 5.53. The first-order chi connectivity index (χ1) is 5.33. The van der Waals surface area contributed by atoms with Crippen LogP contribution < -0.4 is 0 Å². The summed E-state index contributed by atoms with van der Waals surface area (Å²) >= 11 is 0. The second kappa shape index (κ2) is 3.61. The summed E-state index contributed by atoms with van der Waals surface area (Å²) in [6, 6.07) is 0. The molecule has 1 rings (SSSR count). The average molecular weight is 147 g/mol. The minimum atomic E-state index is 0.639. The van der Waals surface area contributed by atoms with E-state index >= 15 is 0 Å². The quantitative estimate of drug-likeness (QED) is 0.538. The molecule has 1 aliphatic heterocycles. The summed E-state index contributed by atoms with van der Waals surface area (Å²) in [5.74, 6) is 0.639. The Morgan fingerprint density at radius 1 is 1.64 bits per heavy atom. The molecule has 0 radical (unpaired) electrons. The molecule has 0 N–H and O–H groups in total. The third-order valence-electron chi connectivity index (χ3n) is 1.14. The van der Waals surface area contributed by atoms with Gasteiger partial charge in [0.25, 0.3) is 0 Å². The lowest BCUT2D eigenvalue weighted by Crippen LogP contribution is -1.70. The van der Waals surface area contributed by atoms with Crippen LogP contribution in [0, 0.1) is 0 Å². The van der Waals surface area contributed by atoms with Gasteiger partial charge < -0.3 is 0 Å². The van der Waals surface area contributed by atoms with E-state index in [0.29, 0.717) is 5.82 Å². The maximum Gasteiger partial charge on any atom is 0.176 e. The van der Waals surface area contributed by atoms with Crippen molar-refractivity contribution in [3.8, 4) is 0 Å². The molecule has 56 valence electrons. The van der Waals surface area contributed by atoms with Gasteiger partial charge in [-0.2, -0.15) is 0 Å². The molecule has 0 unspecified atom stereocenters. The lowest BCUT2D eigenvalue weighted by Gasteiger charge is -1.87. The van der Waals surface area contributed by atoms with Crippen LogP contribution in [0.3, 0.4) is 0 Å². The first-order valence-corrected chi connectivity index (χ1v) is 3.27. The van der Waals surface area contributed by atoms with Crippen molar-refractivity contribution in [1.82, 2.24) is 0 Å². The summed E-state index contributed by atoms with van der Waals surface area (Å²) < 4.78 is 0. The first-order valence-electron chi connectivity index (χ1n) is 3.27. The van der Waals surface area contributed by atoms with Crippen molar-refractivity contribution in [2.45, 2.75) is 6.92 Å². The molecule has 11 heavy (non-hydrogen) atoms. The minimum absolute atomic E-state index is 0.639. The largest absolute Gasteiger partial charge is 0.213 e. The molecular formula is C8H9N3. The predicted octanol–water partition coefficient (Wildman–Crippen LogP) is 2.45. The Labute approximate surface area is 65.6 Å². The van der Waals surface area contributed by atoms with E-state index < -0.39 is 0 Å². The Kier molecular flexibility index (Phi) is 2.49. The number of rotatable bonds is 2. The zero-order valence-corrected chi connectivity index (χ0v) is 6.36. The summed E-state index contributed by atoms with van der Waals surface area (Å²) in [4.78, 5) is 3.89. The van der Waals surface area contributed by atoms with Crippen molar-refractivity contribution in [2.75, 3.05) is 0 Å². The molecule has 1 aliphatic rings. The smallest absolute Gasteiger partial charge is 0.176 e. The number of hydrogen-bond acceptors (Lipinski definition) is 3. The van der Waals surface area contributed by atoms with E-state index in [9.17, 15) is 0 Å². The van der Waals surface area contributed by atoms with E-state index in [1.807, 2.05) is 19.1 Å². The van der Waals surface area contributed by atoms with Crippen LogP contribution in [-0.4, -0.2) is 6.34 Å². The molecule has 0 saturated heterocycles. The average Bonchev–Trinajstić information content (AvgIpc) is 2.40. The van der Waals surface area contributed by atoms with Gasteiger partial charge in [0.1, 0.15) is 6.34 Å². The second-order valence-electron chi connectivity index (χ2n) is 2.11. The third-order valence-corrected chi connectivity index (χ3v) is 1.14. The van der Waals surface area contributed by atoms with Gasteiger partial charge in [0.15, 0.2) is 5.82 Å². The first kappa shape index (κ1) is 7.60. The van der Waals surface area contributed by atoms with Crippen molar-refractivity contribution in [3.63, 3.8) is 0 Å². The van der Waals surface area contributed by atoms with Gasteiger partial charge >= 0.3 is 0 Å². The maximum absolute atomic E-state index is 3.89. The van der Waals surface area contributed by atoms with Crippen molar-refractivity contribution >= 4 is 6.34 Å². The van der Waals surface area contributed by atoms with Crippen molar-refractivity contribution in [1.29, 1.82) is 0 Å². The number of aliphatic imine (C=N–C) groups is 1. The minimum Gasteiger partial charge on any atom is -0.213 e. The van der Waals surface area contributed by atoms with E-state index in [-0.39, 0.29) is 0 Å². The highest BCUT2D eigenvalue weighted by Gasteiger charge is 1.94. The summed E-state index contributed by atoms with van der Waals surface area (Å²) in [6.07, 6.45) is 6.88. The topological polar surface area (TPSA) is 37.1 Å². The Hall–Kier alpha value is -1.51. The third kappa shape index (κ3) is 2.29. The number of hydrogen-bond donors (Lipinski definition) is 0. The lowest BCUT2D eigenvalue weighted by molar-refractivity contribution is 1.19. The highest BCUT2D eigenvalue weighted by atomic mass is 15.2. The molecule has 0 aromatic carbocycles. The predicted molar refractivity (Wildman–Crippen MR) is 45.4 cm³/mol. The molecule has 0 atom stereocenters. The van der Waals surface area contributed by atoms with Crippen LogP contribution in [0.15, 0.2) is 51.4 Å². The van der Waals surface area contributed by atoms with Crippen molar-refractivity contribution in [3.05, 3.63) is 36.2 Å². The van der Waals surface area contributed by atoms with E-state index in [0.717, 1.165) is 5.57 Å². The Bertz CT molecular complexity index is 255. The molecule has 0 fully saturated rings. The molecule has 0 aliphatic carbocycles. The van der Waals surface area contributed by atoms with Gasteiger partial charge in [-0.05, 0) is 18.6 Å². The Balaban J connectivity index is 2.72. The molecule has 0 saturated carbocycles. The van der Waals surface area contributed by atoms with Gasteiger partial charge in [-0.1, -0.05) is 18.7 Å². The van der Waals surface area contributed by atoms with E-state index in [1.54, 1.807) is 6.08 Å². The fourth-order valence-electron chi connectivity index (χ4n) is 0.700. The van der Waals surface area contributed by atoms with Gasteiger partial charge in [0.05, 0.1) is 0 Å². The molecule has 0 bridgehead atoms. The summed E-state index contributed by atoms with van der Waals surface area (Å²) in [7, 11) is 0. The van der Waals surface area contributed by atoms with Gasteiger partial charge in [0, 0.05) is 0 Å². The SMILES string of the molecule is C=C/C=C(C)\C=C1\N=CN=N1. The number of nitrogens with zero attached hydrogens (tertiary/aromatic N) is 3. The van der Waals surface area contributed by atoms with Gasteiger partial charge in [-0.3, -0.25) is 0 Å². The van der Waals surface area contributed by atoms with Crippen LogP contribution in [-0.2, 0) is 0 Å². The van der Waals surface area contributed by atoms with Crippen molar-refractivity contribution < 1.29 is 0 Å². The molecule has 0 aromatic heterocycles. The monoisotopic (exact) mass is 147 g/mol. The fourth-order valence-corrected chi connectivity index (χ4v) is 0.700. The molecule has 0 amide bonds. The van der Waals surface area contributed by atoms with Crippen LogP contribution in [0.1, 0.15) is 6.92 Å². The Morgan fingerprint density at radius 3 is 3.00 bits per heavy atom. The standard InChI is InChI=1S/C8H9N3/c1-3-4-7(2)5-8-9-6-10-11-8/h3-6H,1H2,2H3/b7-4-,8-5-. The van der Waals surface area contributed by atoms with E-state index in [2.05, 4.69) is 21.8 Å². The molecular weight excluding hydrogens is 138 g/mol. The van der Waals surface area contributed by atoms with E-state index in [1.165, 1.54) is 6.34 Å². The highest BCUT2D eigenvalue weighted by Crippen LogP contribution is 2.08. The molecule has 3 nitrogen and oxygen atoms in total. The van der Waals surface area contributed by atoms with Crippen LogP contribution in [0.2, 0.25) is 0 Å². The van der Waals surface area contributed by atoms with Gasteiger partial charge in [-0.25, -0.2) is 4.99 Å². The molecule has 0 aromatic rings. The van der Waals surface area contributed by atoms with E-state index in [4.69, 9.17) is 0 Å². The van der Waals surface area contributed by atoms with Crippen LogP contribution in [0.4, 0.5) is 0 Å². The number of azo groups is 1. The highest BCUT2D eigenvalue weighted by molar-refractivity contribution is 5.59. The lowest BCUT2D eigenvalue weighted by atomic mass is 10.2. The summed E-state index contributed by atoms with van der Waals surface area (Å²) in [5, 5.41) is 7.34. The van der Waals surface area contributed by atoms with Gasteiger partial charge in [-0.15, -0.1) is 10.2 Å². The van der Waals surface area contributed by atoms with Crippen LogP contribution >= 0.6 is 0 Å². The second-order valence-corrected chi connectivity index (χ2v) is 2.11. The molecule has 0 spiro atoms. The number of allylic oxidation sites excluding steroid dienone is 4. The maximum atomic E-state index is 3.89.